The lowest BCUT2D eigenvalue weighted by Gasteiger charge is -2.36. The number of rotatable bonds is 4. The molecule has 2 heterocycles. The largest absolute Gasteiger partial charge is 0.476 e. The van der Waals surface area contributed by atoms with E-state index in [0.29, 0.717) is 24.8 Å². The fourth-order valence-corrected chi connectivity index (χ4v) is 2.88. The van der Waals surface area contributed by atoms with Crippen LogP contribution >= 0.6 is 11.6 Å². The van der Waals surface area contributed by atoms with Crippen LogP contribution in [0.1, 0.15) is 22.1 Å². The van der Waals surface area contributed by atoms with Crippen LogP contribution in [0, 0.1) is 0 Å². The van der Waals surface area contributed by atoms with Gasteiger partial charge in [-0.2, -0.15) is 5.10 Å². The monoisotopic (exact) mass is 349 g/mol. The van der Waals surface area contributed by atoms with E-state index in [1.54, 1.807) is 11.0 Å². The minimum Gasteiger partial charge on any atom is -0.476 e. The standard InChI is InChI=1S/C16H16ClN3O4/c17-12-3-1-2-11(8-12)14-10-24-7-6-20(14)15(21)9-19-5-4-13(18-19)16(22)23/h1-5,8,14H,6-7,9-10H2,(H,22,23). The molecule has 1 amide bonds. The van der Waals surface area contributed by atoms with E-state index in [-0.39, 0.29) is 24.2 Å². The summed E-state index contributed by atoms with van der Waals surface area (Å²) in [6.07, 6.45) is 1.48. The lowest BCUT2D eigenvalue weighted by atomic mass is 10.0. The van der Waals surface area contributed by atoms with Crippen molar-refractivity contribution < 1.29 is 19.4 Å². The molecular formula is C16H16ClN3O4. The summed E-state index contributed by atoms with van der Waals surface area (Å²) >= 11 is 6.04. The first-order chi connectivity index (χ1) is 11.5. The first-order valence-corrected chi connectivity index (χ1v) is 7.82. The van der Waals surface area contributed by atoms with Gasteiger partial charge in [0, 0.05) is 17.8 Å². The Morgan fingerprint density at radius 3 is 2.92 bits per heavy atom. The summed E-state index contributed by atoms with van der Waals surface area (Å²) in [5, 5.41) is 13.4. The van der Waals surface area contributed by atoms with E-state index in [9.17, 15) is 9.59 Å². The van der Waals surface area contributed by atoms with Crippen molar-refractivity contribution >= 4 is 23.5 Å². The van der Waals surface area contributed by atoms with Gasteiger partial charge in [0.2, 0.25) is 5.91 Å². The van der Waals surface area contributed by atoms with E-state index >= 15 is 0 Å². The zero-order valence-electron chi connectivity index (χ0n) is 12.8. The van der Waals surface area contributed by atoms with Gasteiger partial charge in [-0.1, -0.05) is 23.7 Å². The smallest absolute Gasteiger partial charge is 0.356 e. The normalized spacial score (nSPS) is 17.7. The Morgan fingerprint density at radius 1 is 1.38 bits per heavy atom. The van der Waals surface area contributed by atoms with Crippen molar-refractivity contribution in [2.45, 2.75) is 12.6 Å². The average Bonchev–Trinajstić information content (AvgIpc) is 3.03. The molecule has 126 valence electrons. The molecule has 3 rings (SSSR count). The summed E-state index contributed by atoms with van der Waals surface area (Å²) in [4.78, 5) is 25.2. The minimum atomic E-state index is -1.12. The Hall–Kier alpha value is -2.38. The van der Waals surface area contributed by atoms with Gasteiger partial charge in [-0.15, -0.1) is 0 Å². The third-order valence-electron chi connectivity index (χ3n) is 3.84. The highest BCUT2D eigenvalue weighted by atomic mass is 35.5. The summed E-state index contributed by atoms with van der Waals surface area (Å²) in [6, 6.07) is 8.47. The van der Waals surface area contributed by atoms with Crippen LogP contribution in [-0.2, 0) is 16.1 Å². The molecule has 1 aliphatic rings. The van der Waals surface area contributed by atoms with E-state index in [1.807, 2.05) is 18.2 Å². The lowest BCUT2D eigenvalue weighted by molar-refractivity contribution is -0.141. The maximum Gasteiger partial charge on any atom is 0.356 e. The second kappa shape index (κ2) is 7.02. The van der Waals surface area contributed by atoms with Gasteiger partial charge >= 0.3 is 5.97 Å². The van der Waals surface area contributed by atoms with Crippen molar-refractivity contribution in [3.63, 3.8) is 0 Å². The first kappa shape index (κ1) is 16.5. The summed E-state index contributed by atoms with van der Waals surface area (Å²) in [7, 11) is 0. The molecule has 1 N–H and O–H groups in total. The number of carboxylic acids is 1. The van der Waals surface area contributed by atoms with Gasteiger partial charge in [0.25, 0.3) is 0 Å². The molecule has 8 heteroatoms. The number of benzene rings is 1. The molecule has 0 bridgehead atoms. The molecule has 1 unspecified atom stereocenters. The summed E-state index contributed by atoms with van der Waals surface area (Å²) < 4.78 is 6.84. The highest BCUT2D eigenvalue weighted by Crippen LogP contribution is 2.26. The molecule has 0 spiro atoms. The van der Waals surface area contributed by atoms with Crippen LogP contribution in [0.5, 0.6) is 0 Å². The predicted molar refractivity (Wildman–Crippen MR) is 85.9 cm³/mol. The van der Waals surface area contributed by atoms with Crippen LogP contribution in [0.4, 0.5) is 0 Å². The number of amides is 1. The van der Waals surface area contributed by atoms with Gasteiger partial charge in [-0.3, -0.25) is 9.48 Å². The number of carbonyl (C=O) groups is 2. The second-order valence-corrected chi connectivity index (χ2v) is 5.87. The topological polar surface area (TPSA) is 84.7 Å². The van der Waals surface area contributed by atoms with E-state index in [1.165, 1.54) is 16.9 Å². The quantitative estimate of drug-likeness (QED) is 0.910. The van der Waals surface area contributed by atoms with Gasteiger partial charge in [0.05, 0.1) is 19.3 Å². The molecule has 1 saturated heterocycles. The SMILES string of the molecule is O=C(O)c1ccn(CC(=O)N2CCOCC2c2cccc(Cl)c2)n1. The number of carbonyl (C=O) groups excluding carboxylic acids is 1. The Kier molecular flexibility index (Phi) is 4.82. The maximum atomic E-state index is 12.6. The van der Waals surface area contributed by atoms with Crippen molar-refractivity contribution in [2.24, 2.45) is 0 Å². The number of aromatic nitrogens is 2. The van der Waals surface area contributed by atoms with Crippen LogP contribution in [0.25, 0.3) is 0 Å². The molecular weight excluding hydrogens is 334 g/mol. The number of aromatic carboxylic acids is 1. The fraction of sp³-hybridized carbons (Fsp3) is 0.312. The van der Waals surface area contributed by atoms with Gasteiger partial charge < -0.3 is 14.7 Å². The van der Waals surface area contributed by atoms with Gasteiger partial charge in [-0.25, -0.2) is 4.79 Å². The number of hydrogen-bond donors (Lipinski definition) is 1. The number of morpholine rings is 1. The highest BCUT2D eigenvalue weighted by molar-refractivity contribution is 6.30. The van der Waals surface area contributed by atoms with Crippen molar-refractivity contribution in [1.29, 1.82) is 0 Å². The minimum absolute atomic E-state index is 0.0235. The number of carboxylic acid groups (broad SMARTS) is 1. The third kappa shape index (κ3) is 3.58. The highest BCUT2D eigenvalue weighted by Gasteiger charge is 2.29. The fourth-order valence-electron chi connectivity index (χ4n) is 2.69. The molecule has 24 heavy (non-hydrogen) atoms. The number of nitrogens with zero attached hydrogens (tertiary/aromatic N) is 3. The molecule has 1 atom stereocenters. The Balaban J connectivity index is 1.76. The third-order valence-corrected chi connectivity index (χ3v) is 4.07. The number of halogens is 1. The average molecular weight is 350 g/mol. The molecule has 1 fully saturated rings. The van der Waals surface area contributed by atoms with Crippen LogP contribution in [0.15, 0.2) is 36.5 Å². The molecule has 7 nitrogen and oxygen atoms in total. The molecule has 0 saturated carbocycles. The van der Waals surface area contributed by atoms with Crippen LogP contribution in [0.3, 0.4) is 0 Å². The molecule has 0 radical (unpaired) electrons. The maximum absolute atomic E-state index is 12.6. The number of ether oxygens (including phenoxy) is 1. The second-order valence-electron chi connectivity index (χ2n) is 5.44. The van der Waals surface area contributed by atoms with Crippen molar-refractivity contribution in [1.82, 2.24) is 14.7 Å². The number of hydrogen-bond acceptors (Lipinski definition) is 4. The van der Waals surface area contributed by atoms with Crippen molar-refractivity contribution in [2.75, 3.05) is 19.8 Å². The van der Waals surface area contributed by atoms with Crippen LogP contribution < -0.4 is 0 Å². The van der Waals surface area contributed by atoms with Crippen LogP contribution in [-0.4, -0.2) is 51.4 Å². The summed E-state index contributed by atoms with van der Waals surface area (Å²) in [6.45, 7) is 1.29. The predicted octanol–water partition coefficient (Wildman–Crippen LogP) is 1.83. The Labute approximate surface area is 143 Å². The molecule has 1 aromatic carbocycles. The first-order valence-electron chi connectivity index (χ1n) is 7.44. The molecule has 0 aliphatic carbocycles. The van der Waals surface area contributed by atoms with Crippen molar-refractivity contribution in [3.8, 4) is 0 Å². The van der Waals surface area contributed by atoms with Crippen molar-refractivity contribution in [3.05, 3.63) is 52.8 Å². The zero-order valence-corrected chi connectivity index (χ0v) is 13.5. The zero-order chi connectivity index (χ0) is 17.1. The summed E-state index contributed by atoms with van der Waals surface area (Å²) in [5.41, 5.74) is 0.818. The Morgan fingerprint density at radius 2 is 2.21 bits per heavy atom. The van der Waals surface area contributed by atoms with E-state index < -0.39 is 5.97 Å². The Bertz CT molecular complexity index is 761. The molecule has 1 aromatic heterocycles. The van der Waals surface area contributed by atoms with Gasteiger partial charge in [0.1, 0.15) is 6.54 Å². The van der Waals surface area contributed by atoms with E-state index in [4.69, 9.17) is 21.4 Å². The van der Waals surface area contributed by atoms with E-state index in [0.717, 1.165) is 5.56 Å². The van der Waals surface area contributed by atoms with Gasteiger partial charge in [-0.05, 0) is 23.8 Å². The molecule has 2 aromatic rings. The van der Waals surface area contributed by atoms with Gasteiger partial charge in [0.15, 0.2) is 5.69 Å². The molecule has 1 aliphatic heterocycles. The van der Waals surface area contributed by atoms with E-state index in [2.05, 4.69) is 5.10 Å². The van der Waals surface area contributed by atoms with Crippen LogP contribution in [0.2, 0.25) is 5.02 Å². The lowest BCUT2D eigenvalue weighted by Crippen LogP contribution is -2.44. The summed E-state index contributed by atoms with van der Waals surface area (Å²) in [5.74, 6) is -1.27.